The summed E-state index contributed by atoms with van der Waals surface area (Å²) in [5.41, 5.74) is 1.74. The smallest absolute Gasteiger partial charge is 0.239 e. The van der Waals surface area contributed by atoms with Crippen LogP contribution in [-0.2, 0) is 11.2 Å². The largest absolute Gasteiger partial charge is 0.508 e. The van der Waals surface area contributed by atoms with Crippen molar-refractivity contribution >= 4 is 40.7 Å². The number of thioether (sulfide) groups is 1. The van der Waals surface area contributed by atoms with Crippen molar-refractivity contribution in [2.45, 2.75) is 11.7 Å². The Kier molecular flexibility index (Phi) is 5.17. The fraction of sp³-hybridized carbons (Fsp3) is 0.118. The molecule has 3 rings (SSSR count). The van der Waals surface area contributed by atoms with Gasteiger partial charge in [0.25, 0.3) is 0 Å². The maximum atomic E-state index is 12.0. The van der Waals surface area contributed by atoms with Crippen molar-refractivity contribution < 1.29 is 9.90 Å². The highest BCUT2D eigenvalue weighted by Crippen LogP contribution is 2.26. The van der Waals surface area contributed by atoms with Crippen molar-refractivity contribution in [3.05, 3.63) is 64.7 Å². The van der Waals surface area contributed by atoms with Crippen molar-refractivity contribution in [2.24, 2.45) is 10.2 Å². The molecule has 1 aliphatic heterocycles. The van der Waals surface area contributed by atoms with Gasteiger partial charge in [-0.15, -0.1) is 5.10 Å². The van der Waals surface area contributed by atoms with Crippen LogP contribution in [0.5, 0.6) is 5.75 Å². The molecular formula is C17H14ClN3O2S. The number of carbonyl (C=O) groups excluding carboxylic acids is 1. The van der Waals surface area contributed by atoms with Gasteiger partial charge in [0.1, 0.15) is 5.75 Å². The maximum Gasteiger partial charge on any atom is 0.239 e. The van der Waals surface area contributed by atoms with E-state index in [0.29, 0.717) is 16.6 Å². The first-order chi connectivity index (χ1) is 11.6. The van der Waals surface area contributed by atoms with E-state index in [1.165, 1.54) is 11.8 Å². The van der Waals surface area contributed by atoms with Gasteiger partial charge < -0.3 is 10.4 Å². The lowest BCUT2D eigenvalue weighted by molar-refractivity contribution is -0.118. The Balaban J connectivity index is 1.63. The molecule has 7 heteroatoms. The summed E-state index contributed by atoms with van der Waals surface area (Å²) < 4.78 is 0. The van der Waals surface area contributed by atoms with Crippen LogP contribution < -0.4 is 5.32 Å². The summed E-state index contributed by atoms with van der Waals surface area (Å²) in [6.07, 6.45) is 2.09. The van der Waals surface area contributed by atoms with E-state index in [-0.39, 0.29) is 16.9 Å². The van der Waals surface area contributed by atoms with Crippen molar-refractivity contribution in [2.75, 3.05) is 0 Å². The van der Waals surface area contributed by atoms with Crippen LogP contribution >= 0.6 is 23.4 Å². The van der Waals surface area contributed by atoms with Gasteiger partial charge in [0.05, 0.1) is 11.5 Å². The van der Waals surface area contributed by atoms with Gasteiger partial charge in [0.2, 0.25) is 5.91 Å². The van der Waals surface area contributed by atoms with Crippen molar-refractivity contribution in [1.82, 2.24) is 5.32 Å². The fourth-order valence-corrected chi connectivity index (χ4v) is 3.32. The maximum absolute atomic E-state index is 12.0. The van der Waals surface area contributed by atoms with Crippen LogP contribution in [0.15, 0.2) is 58.7 Å². The molecule has 1 unspecified atom stereocenters. The lowest BCUT2D eigenvalue weighted by atomic mass is 10.1. The van der Waals surface area contributed by atoms with Crippen LogP contribution in [0.2, 0.25) is 5.02 Å². The molecule has 122 valence electrons. The lowest BCUT2D eigenvalue weighted by Gasteiger charge is -2.06. The minimum atomic E-state index is -0.271. The molecular weight excluding hydrogens is 346 g/mol. The van der Waals surface area contributed by atoms with E-state index in [2.05, 4.69) is 15.5 Å². The van der Waals surface area contributed by atoms with Gasteiger partial charge in [-0.3, -0.25) is 4.79 Å². The SMILES string of the molecule is O=C1N/C(=N\N=C\c2ccc(O)cc2)SC1Cc1ccccc1Cl. The number of hydrogen-bond donors (Lipinski definition) is 2. The number of rotatable bonds is 4. The second-order valence-electron chi connectivity index (χ2n) is 5.13. The number of aromatic hydroxyl groups is 1. The Hall–Kier alpha value is -2.31. The standard InChI is InChI=1S/C17H14ClN3O2S/c18-14-4-2-1-3-12(14)9-15-16(23)20-17(24-15)21-19-10-11-5-7-13(22)8-6-11/h1-8,10,15,22H,9H2,(H,20,21,23)/b19-10+. The fourth-order valence-electron chi connectivity index (χ4n) is 2.16. The minimum absolute atomic E-state index is 0.0986. The first-order valence-electron chi connectivity index (χ1n) is 7.23. The number of nitrogens with one attached hydrogen (secondary N) is 1. The molecule has 1 fully saturated rings. The number of amides is 1. The van der Waals surface area contributed by atoms with Crippen LogP contribution in [0.3, 0.4) is 0 Å². The highest BCUT2D eigenvalue weighted by atomic mass is 35.5. The minimum Gasteiger partial charge on any atom is -0.508 e. The second kappa shape index (κ2) is 7.51. The van der Waals surface area contributed by atoms with E-state index >= 15 is 0 Å². The van der Waals surface area contributed by atoms with Gasteiger partial charge in [-0.05, 0) is 47.9 Å². The highest BCUT2D eigenvalue weighted by molar-refractivity contribution is 8.15. The molecule has 1 atom stereocenters. The van der Waals surface area contributed by atoms with E-state index in [4.69, 9.17) is 11.6 Å². The van der Waals surface area contributed by atoms with Crippen molar-refractivity contribution in [3.8, 4) is 5.75 Å². The van der Waals surface area contributed by atoms with Gasteiger partial charge in [-0.2, -0.15) is 5.10 Å². The number of phenolic OH excluding ortho intramolecular Hbond substituents is 1. The average molecular weight is 360 g/mol. The van der Waals surface area contributed by atoms with Gasteiger partial charge >= 0.3 is 0 Å². The summed E-state index contributed by atoms with van der Waals surface area (Å²) in [5.74, 6) is 0.0954. The number of phenols is 1. The van der Waals surface area contributed by atoms with Crippen LogP contribution in [0.25, 0.3) is 0 Å². The van der Waals surface area contributed by atoms with Crippen molar-refractivity contribution in [3.63, 3.8) is 0 Å². The van der Waals surface area contributed by atoms with Gasteiger partial charge in [0, 0.05) is 5.02 Å². The summed E-state index contributed by atoms with van der Waals surface area (Å²) in [5, 5.41) is 20.8. The molecule has 0 aliphatic carbocycles. The molecule has 2 aromatic rings. The van der Waals surface area contributed by atoms with Gasteiger partial charge in [-0.25, -0.2) is 0 Å². The Labute approximate surface area is 148 Å². The summed E-state index contributed by atoms with van der Waals surface area (Å²) in [6.45, 7) is 0. The monoisotopic (exact) mass is 359 g/mol. The van der Waals surface area contributed by atoms with Crippen LogP contribution in [0.1, 0.15) is 11.1 Å². The normalized spacial score (nSPS) is 19.1. The molecule has 0 bridgehead atoms. The molecule has 2 N–H and O–H groups in total. The third-order valence-electron chi connectivity index (χ3n) is 3.39. The Morgan fingerprint density at radius 1 is 1.21 bits per heavy atom. The van der Waals surface area contributed by atoms with E-state index in [0.717, 1.165) is 11.1 Å². The van der Waals surface area contributed by atoms with Gasteiger partial charge in [-0.1, -0.05) is 41.6 Å². The number of nitrogens with zero attached hydrogens (tertiary/aromatic N) is 2. The van der Waals surface area contributed by atoms with E-state index in [1.807, 2.05) is 24.3 Å². The molecule has 5 nitrogen and oxygen atoms in total. The quantitative estimate of drug-likeness (QED) is 0.650. The van der Waals surface area contributed by atoms with Crippen LogP contribution in [0.4, 0.5) is 0 Å². The Bertz CT molecular complexity index is 806. The highest BCUT2D eigenvalue weighted by Gasteiger charge is 2.30. The summed E-state index contributed by atoms with van der Waals surface area (Å²) >= 11 is 7.47. The lowest BCUT2D eigenvalue weighted by Crippen LogP contribution is -2.26. The molecule has 0 aromatic heterocycles. The third kappa shape index (κ3) is 4.15. The Morgan fingerprint density at radius 2 is 1.96 bits per heavy atom. The zero-order chi connectivity index (χ0) is 16.9. The van der Waals surface area contributed by atoms with Crippen LogP contribution in [-0.4, -0.2) is 27.6 Å². The second-order valence-corrected chi connectivity index (χ2v) is 6.73. The predicted octanol–water partition coefficient (Wildman–Crippen LogP) is 3.21. The molecule has 0 spiro atoms. The van der Waals surface area contributed by atoms with Crippen molar-refractivity contribution in [1.29, 1.82) is 0 Å². The number of amidine groups is 1. The van der Waals surface area contributed by atoms with E-state index < -0.39 is 0 Å². The number of halogens is 1. The topological polar surface area (TPSA) is 74.0 Å². The zero-order valence-electron chi connectivity index (χ0n) is 12.5. The molecule has 1 amide bonds. The molecule has 24 heavy (non-hydrogen) atoms. The molecule has 1 heterocycles. The number of carbonyl (C=O) groups is 1. The number of hydrogen-bond acceptors (Lipinski definition) is 5. The average Bonchev–Trinajstić information content (AvgIpc) is 2.91. The van der Waals surface area contributed by atoms with Crippen LogP contribution in [0, 0.1) is 0 Å². The predicted molar refractivity (Wildman–Crippen MR) is 97.8 cm³/mol. The third-order valence-corrected chi connectivity index (χ3v) is 4.83. The summed E-state index contributed by atoms with van der Waals surface area (Å²) in [4.78, 5) is 12.0. The first-order valence-corrected chi connectivity index (χ1v) is 8.48. The summed E-state index contributed by atoms with van der Waals surface area (Å²) in [6, 6.07) is 14.1. The molecule has 0 saturated carbocycles. The molecule has 2 aromatic carbocycles. The molecule has 0 radical (unpaired) electrons. The molecule has 1 aliphatic rings. The zero-order valence-corrected chi connectivity index (χ0v) is 14.1. The molecule has 1 saturated heterocycles. The Morgan fingerprint density at radius 3 is 2.71 bits per heavy atom. The van der Waals surface area contributed by atoms with E-state index in [1.54, 1.807) is 30.5 Å². The number of benzene rings is 2. The van der Waals surface area contributed by atoms with Gasteiger partial charge in [0.15, 0.2) is 5.17 Å². The van der Waals surface area contributed by atoms with E-state index in [9.17, 15) is 9.90 Å². The first kappa shape index (κ1) is 16.5. The summed E-state index contributed by atoms with van der Waals surface area (Å²) in [7, 11) is 0.